The lowest BCUT2D eigenvalue weighted by atomic mass is 9.90. The fourth-order valence-corrected chi connectivity index (χ4v) is 7.03. The average Bonchev–Trinajstić information content (AvgIpc) is 3.58. The van der Waals surface area contributed by atoms with E-state index in [1.807, 2.05) is 6.07 Å². The van der Waals surface area contributed by atoms with Gasteiger partial charge in [0.2, 0.25) is 11.8 Å². The van der Waals surface area contributed by atoms with Crippen molar-refractivity contribution in [3.05, 3.63) is 117 Å². The third-order valence-corrected chi connectivity index (χ3v) is 9.76. The third-order valence-electron chi connectivity index (χ3n) is 9.76. The maximum absolute atomic E-state index is 15.8. The first-order valence-corrected chi connectivity index (χ1v) is 17.2. The second kappa shape index (κ2) is 13.6. The van der Waals surface area contributed by atoms with Gasteiger partial charge in [-0.2, -0.15) is 0 Å². The second-order valence-corrected chi connectivity index (χ2v) is 13.2. The first kappa shape index (κ1) is 34.3. The third kappa shape index (κ3) is 6.21. The van der Waals surface area contributed by atoms with Gasteiger partial charge in [0.25, 0.3) is 11.5 Å². The number of pyridine rings is 2. The first-order valence-electron chi connectivity index (χ1n) is 17.2. The molecule has 0 bridgehead atoms. The number of aromatic nitrogens is 2. The van der Waals surface area contributed by atoms with E-state index in [9.17, 15) is 23.6 Å². The van der Waals surface area contributed by atoms with Crippen LogP contribution in [0, 0.1) is 30.4 Å². The van der Waals surface area contributed by atoms with E-state index in [2.05, 4.69) is 27.5 Å². The van der Waals surface area contributed by atoms with Crippen LogP contribution in [0.5, 0.6) is 5.75 Å². The fourth-order valence-electron chi connectivity index (χ4n) is 7.03. The Labute approximate surface area is 306 Å². The van der Waals surface area contributed by atoms with E-state index in [4.69, 9.17) is 9.15 Å². The molecule has 11 nitrogen and oxygen atoms in total. The largest absolute Gasteiger partial charge is 0.490 e. The van der Waals surface area contributed by atoms with Gasteiger partial charge in [0.15, 0.2) is 0 Å². The number of ether oxygens (including phenoxy) is 1. The molecule has 54 heavy (non-hydrogen) atoms. The van der Waals surface area contributed by atoms with E-state index < -0.39 is 23.5 Å². The standard InChI is InChI=1S/C41H31F2N5O6/c1-22-14-29-33(47(2)41(22)52)16-25(42)17-34(29)48-12-13-53-37-18-27(31(43)19-35(37)48)24-6-8-32(45-20-24)40(51)44-11-3-4-23-5-9-36-28(15-23)30(21-54-36)26-7-10-38(49)46-39(26)50/h5-6,8-9,14-21,26H,7,10-13H2,1-2H3,(H,44,51)(H,46,49,50). The lowest BCUT2D eigenvalue weighted by molar-refractivity contribution is -0.134. The molecule has 0 saturated carbocycles. The van der Waals surface area contributed by atoms with Gasteiger partial charge in [0, 0.05) is 64.3 Å². The molecule has 3 aromatic heterocycles. The maximum Gasteiger partial charge on any atom is 0.270 e. The van der Waals surface area contributed by atoms with E-state index in [1.165, 1.54) is 41.3 Å². The number of nitrogens with one attached hydrogen (secondary N) is 2. The van der Waals surface area contributed by atoms with Gasteiger partial charge >= 0.3 is 0 Å². The fraction of sp³-hybridized carbons (Fsp3) is 0.195. The summed E-state index contributed by atoms with van der Waals surface area (Å²) < 4.78 is 43.6. The summed E-state index contributed by atoms with van der Waals surface area (Å²) >= 11 is 0. The molecular formula is C41H31F2N5O6. The molecule has 2 N–H and O–H groups in total. The monoisotopic (exact) mass is 727 g/mol. The zero-order chi connectivity index (χ0) is 37.7. The molecule has 0 aliphatic carbocycles. The molecule has 1 fully saturated rings. The smallest absolute Gasteiger partial charge is 0.270 e. The minimum absolute atomic E-state index is 0.0233. The van der Waals surface area contributed by atoms with Gasteiger partial charge in [-0.1, -0.05) is 17.9 Å². The number of fused-ring (bicyclic) bond motifs is 3. The minimum Gasteiger partial charge on any atom is -0.490 e. The highest BCUT2D eigenvalue weighted by atomic mass is 19.1. The number of halogens is 2. The van der Waals surface area contributed by atoms with Crippen molar-refractivity contribution < 1.29 is 32.3 Å². The molecule has 3 aromatic carbocycles. The number of piperidine rings is 1. The van der Waals surface area contributed by atoms with Crippen molar-refractivity contribution in [2.75, 3.05) is 24.6 Å². The summed E-state index contributed by atoms with van der Waals surface area (Å²) in [7, 11) is 1.59. The Balaban J connectivity index is 0.969. The number of anilines is 2. The van der Waals surface area contributed by atoms with Gasteiger partial charge in [0.05, 0.1) is 42.2 Å². The highest BCUT2D eigenvalue weighted by Gasteiger charge is 2.30. The Kier molecular flexibility index (Phi) is 8.65. The van der Waals surface area contributed by atoms with Crippen LogP contribution < -0.4 is 25.8 Å². The number of rotatable bonds is 5. The van der Waals surface area contributed by atoms with E-state index in [1.54, 1.807) is 49.2 Å². The number of carbonyl (C=O) groups excluding carboxylic acids is 3. The number of nitrogens with zero attached hydrogens (tertiary/aromatic N) is 3. The summed E-state index contributed by atoms with van der Waals surface area (Å²) in [5.74, 6) is 3.59. The summed E-state index contributed by atoms with van der Waals surface area (Å²) in [6, 6.07) is 15.7. The number of aryl methyl sites for hydroxylation is 2. The Morgan fingerprint density at radius 2 is 1.89 bits per heavy atom. The van der Waals surface area contributed by atoms with Crippen LogP contribution in [0.1, 0.15) is 45.9 Å². The number of hydrogen-bond donors (Lipinski definition) is 2. The van der Waals surface area contributed by atoms with Gasteiger partial charge in [-0.05, 0) is 61.9 Å². The predicted octanol–water partition coefficient (Wildman–Crippen LogP) is 5.77. The molecule has 8 rings (SSSR count). The van der Waals surface area contributed by atoms with Crippen LogP contribution >= 0.6 is 0 Å². The number of furan rings is 1. The SMILES string of the molecule is Cc1cc2c(N3CCOc4cc(-c5ccc(C(=O)NCC#Cc6ccc7occ(C8CCC(=O)NC8=O)c7c6)nc5)c(F)cc43)cc(F)cc2n(C)c1=O. The Hall–Kier alpha value is -6.81. The molecule has 13 heteroatoms. The topological polar surface area (TPSA) is 136 Å². The highest BCUT2D eigenvalue weighted by molar-refractivity contribution is 6.03. The van der Waals surface area contributed by atoms with E-state index in [0.29, 0.717) is 68.8 Å². The van der Waals surface area contributed by atoms with Gasteiger partial charge in [-0.3, -0.25) is 29.5 Å². The Morgan fingerprint density at radius 1 is 1.04 bits per heavy atom. The van der Waals surface area contributed by atoms with Crippen molar-refractivity contribution in [1.29, 1.82) is 0 Å². The number of hydrogen-bond acceptors (Lipinski definition) is 8. The number of amides is 3. The van der Waals surface area contributed by atoms with Crippen molar-refractivity contribution in [3.63, 3.8) is 0 Å². The van der Waals surface area contributed by atoms with E-state index in [0.717, 1.165) is 5.39 Å². The zero-order valence-corrected chi connectivity index (χ0v) is 29.1. The summed E-state index contributed by atoms with van der Waals surface area (Å²) in [5.41, 5.74) is 4.25. The molecule has 1 atom stereocenters. The summed E-state index contributed by atoms with van der Waals surface area (Å²) in [5, 5.41) is 6.46. The molecule has 3 amide bonds. The molecule has 1 saturated heterocycles. The molecule has 270 valence electrons. The molecule has 0 spiro atoms. The van der Waals surface area contributed by atoms with Gasteiger partial charge in [-0.15, -0.1) is 0 Å². The Bertz CT molecular complexity index is 2670. The van der Waals surface area contributed by atoms with Crippen LogP contribution in [0.3, 0.4) is 0 Å². The minimum atomic E-state index is -0.569. The molecule has 2 aliphatic rings. The van der Waals surface area contributed by atoms with Crippen molar-refractivity contribution in [3.8, 4) is 28.7 Å². The molecular weight excluding hydrogens is 696 g/mol. The quantitative estimate of drug-likeness (QED) is 0.169. The van der Waals surface area contributed by atoms with Crippen molar-refractivity contribution in [2.24, 2.45) is 7.05 Å². The second-order valence-electron chi connectivity index (χ2n) is 13.2. The average molecular weight is 728 g/mol. The van der Waals surface area contributed by atoms with Crippen LogP contribution in [0.4, 0.5) is 20.2 Å². The number of imide groups is 1. The predicted molar refractivity (Wildman–Crippen MR) is 197 cm³/mol. The number of benzene rings is 3. The van der Waals surface area contributed by atoms with Crippen LogP contribution in [-0.2, 0) is 16.6 Å². The lowest BCUT2D eigenvalue weighted by Crippen LogP contribution is -2.39. The van der Waals surface area contributed by atoms with Crippen molar-refractivity contribution >= 4 is 51.0 Å². The first-order chi connectivity index (χ1) is 26.0. The van der Waals surface area contributed by atoms with Crippen molar-refractivity contribution in [2.45, 2.75) is 25.7 Å². The van der Waals surface area contributed by atoms with Crippen molar-refractivity contribution in [1.82, 2.24) is 20.2 Å². The van der Waals surface area contributed by atoms with E-state index >= 15 is 4.39 Å². The molecule has 1 unspecified atom stereocenters. The molecule has 6 aromatic rings. The summed E-state index contributed by atoms with van der Waals surface area (Å²) in [4.78, 5) is 55.5. The van der Waals surface area contributed by atoms with Crippen LogP contribution in [-0.4, -0.2) is 47.0 Å². The van der Waals surface area contributed by atoms with Crippen LogP contribution in [0.15, 0.2) is 82.3 Å². The van der Waals surface area contributed by atoms with Gasteiger partial charge in [0.1, 0.15) is 35.3 Å². The molecule has 5 heterocycles. The highest BCUT2D eigenvalue weighted by Crippen LogP contribution is 2.43. The Morgan fingerprint density at radius 3 is 2.69 bits per heavy atom. The zero-order valence-electron chi connectivity index (χ0n) is 29.1. The van der Waals surface area contributed by atoms with Gasteiger partial charge in [-0.25, -0.2) is 8.78 Å². The van der Waals surface area contributed by atoms with Crippen LogP contribution in [0.2, 0.25) is 0 Å². The van der Waals surface area contributed by atoms with Crippen LogP contribution in [0.25, 0.3) is 33.0 Å². The lowest BCUT2D eigenvalue weighted by Gasteiger charge is -2.33. The summed E-state index contributed by atoms with van der Waals surface area (Å²) in [6.45, 7) is 2.30. The summed E-state index contributed by atoms with van der Waals surface area (Å²) in [6.07, 6.45) is 3.58. The van der Waals surface area contributed by atoms with Gasteiger partial charge < -0.3 is 23.9 Å². The van der Waals surface area contributed by atoms with E-state index in [-0.39, 0.29) is 48.2 Å². The maximum atomic E-state index is 15.8. The molecule has 2 aliphatic heterocycles. The number of carbonyl (C=O) groups is 3. The molecule has 0 radical (unpaired) electrons. The normalized spacial score (nSPS) is 15.3.